The van der Waals surface area contributed by atoms with E-state index in [0.29, 0.717) is 91.0 Å². The van der Waals surface area contributed by atoms with Crippen molar-refractivity contribution in [2.75, 3.05) is 19.7 Å². The van der Waals surface area contributed by atoms with Crippen molar-refractivity contribution in [3.05, 3.63) is 82.9 Å². The van der Waals surface area contributed by atoms with Crippen LogP contribution in [0.15, 0.2) is 90.9 Å². The first-order valence-electron chi connectivity index (χ1n) is 26.4. The molecule has 0 fully saturated rings. The molecule has 82 heavy (non-hydrogen) atoms. The molecule has 446 valence electrons. The molecule has 30 heteroatoms. The Morgan fingerprint density at radius 2 is 1.32 bits per heavy atom. The van der Waals surface area contributed by atoms with Crippen LogP contribution in [0.5, 0.6) is 5.75 Å². The highest BCUT2D eigenvalue weighted by Crippen LogP contribution is 2.33. The maximum atomic E-state index is 14.2. The Morgan fingerprint density at radius 3 is 1.91 bits per heavy atom. The van der Waals surface area contributed by atoms with Crippen LogP contribution in [0.25, 0.3) is 22.8 Å². The Hall–Kier alpha value is -6.67. The largest absolute Gasteiger partial charge is 0.744 e. The number of unbranched alkanes of at least 4 members (excludes halogenated alkanes) is 2. The molecule has 3 atom stereocenters. The summed E-state index contributed by atoms with van der Waals surface area (Å²) in [7, 11) is -14.7. The van der Waals surface area contributed by atoms with Gasteiger partial charge in [0.1, 0.15) is 69.2 Å². The van der Waals surface area contributed by atoms with Crippen LogP contribution in [-0.4, -0.2) is 122 Å². The van der Waals surface area contributed by atoms with Gasteiger partial charge in [0.15, 0.2) is 18.2 Å². The molecule has 5 aromatic rings. The number of pyridine rings is 1. The highest BCUT2D eigenvalue weighted by Gasteiger charge is 2.29. The second-order valence-corrected chi connectivity index (χ2v) is 26.2. The van der Waals surface area contributed by atoms with E-state index in [9.17, 15) is 67.7 Å². The number of aryl methyl sites for hydroxylation is 1. The lowest BCUT2D eigenvalue weighted by molar-refractivity contribution is -0.697. The molecule has 7 heterocycles. The summed E-state index contributed by atoms with van der Waals surface area (Å²) in [5.41, 5.74) is 0.840. The summed E-state index contributed by atoms with van der Waals surface area (Å²) in [6.07, 6.45) is 8.71. The van der Waals surface area contributed by atoms with Gasteiger partial charge < -0.3 is 54.5 Å². The lowest BCUT2D eigenvalue weighted by Gasteiger charge is -2.23. The van der Waals surface area contributed by atoms with Gasteiger partial charge in [-0.25, -0.2) is 34.8 Å². The Morgan fingerprint density at radius 1 is 0.695 bits per heavy atom. The number of oxazole rings is 1. The number of hydrogen-bond donors (Lipinski definition) is 6. The SMILES string of the molecule is O=C(O)CCCCCNC(=O)C1CCCCNC(=O)C(Cc2ccc(S(=O)(=O)[O-])s2)NC(=O)CCCCC[n+]2ccc(cc2)-c2ncc(o2)-c2ccc(c(S(=O)(=O)[O-])c2)OCCCCCC(=O)NC(Cc2ccc(S(=O)(=O)[O-])s2)C(=O)N1. The van der Waals surface area contributed by atoms with Crippen LogP contribution in [0.1, 0.15) is 106 Å². The molecule has 4 aromatic heterocycles. The van der Waals surface area contributed by atoms with Gasteiger partial charge in [0.25, 0.3) is 0 Å². The highest BCUT2D eigenvalue weighted by molar-refractivity contribution is 7.88. The lowest BCUT2D eigenvalue weighted by atomic mass is 10.1. The van der Waals surface area contributed by atoms with Crippen molar-refractivity contribution in [1.29, 1.82) is 0 Å². The van der Waals surface area contributed by atoms with Crippen molar-refractivity contribution in [2.45, 2.75) is 147 Å². The molecule has 3 aliphatic rings. The number of nitrogens with zero attached hydrogens (tertiary/aromatic N) is 2. The zero-order chi connectivity index (χ0) is 59.5. The summed E-state index contributed by atoms with van der Waals surface area (Å²) in [6.45, 7) is 0.667. The Kier molecular flexibility index (Phi) is 24.1. The number of carbonyl (C=O) groups is 6. The van der Waals surface area contributed by atoms with E-state index in [4.69, 9.17) is 14.3 Å². The highest BCUT2D eigenvalue weighted by atomic mass is 32.3. The first kappa shape index (κ1) is 64.5. The van der Waals surface area contributed by atoms with Crippen LogP contribution in [0.3, 0.4) is 0 Å². The fourth-order valence-electron chi connectivity index (χ4n) is 8.59. The number of carboxylic acid groups (broad SMARTS) is 1. The molecule has 0 spiro atoms. The van der Waals surface area contributed by atoms with E-state index in [2.05, 4.69) is 31.6 Å². The van der Waals surface area contributed by atoms with E-state index in [1.54, 1.807) is 12.1 Å². The number of aliphatic carboxylic acids is 1. The minimum atomic E-state index is -5.05. The van der Waals surface area contributed by atoms with Gasteiger partial charge in [-0.1, -0.05) is 6.42 Å². The van der Waals surface area contributed by atoms with Gasteiger partial charge in [0, 0.05) is 84.6 Å². The first-order valence-corrected chi connectivity index (χ1v) is 32.2. The fourth-order valence-corrected chi connectivity index (χ4v) is 12.7. The van der Waals surface area contributed by atoms with Gasteiger partial charge in [0.05, 0.1) is 17.7 Å². The van der Waals surface area contributed by atoms with E-state index in [-0.39, 0.29) is 105 Å². The molecule has 8 rings (SSSR count). The molecule has 25 nitrogen and oxygen atoms in total. The second-order valence-electron chi connectivity index (χ2n) is 19.3. The molecular weight excluding hydrogens is 1170 g/mol. The number of nitrogens with one attached hydrogen (secondary N) is 5. The minimum Gasteiger partial charge on any atom is -0.744 e. The van der Waals surface area contributed by atoms with Gasteiger partial charge in [-0.15, -0.1) is 22.7 Å². The summed E-state index contributed by atoms with van der Waals surface area (Å²) < 4.78 is 120. The van der Waals surface area contributed by atoms with E-state index >= 15 is 0 Å². The van der Waals surface area contributed by atoms with E-state index in [1.807, 2.05) is 17.0 Å². The van der Waals surface area contributed by atoms with Crippen LogP contribution < -0.4 is 35.9 Å². The number of ether oxygens (including phenoxy) is 1. The van der Waals surface area contributed by atoms with Crippen molar-refractivity contribution in [3.63, 3.8) is 0 Å². The summed E-state index contributed by atoms with van der Waals surface area (Å²) in [6, 6.07) is 8.56. The van der Waals surface area contributed by atoms with Gasteiger partial charge in [-0.05, 0) is 107 Å². The molecular formula is C52H63N7O18S5-2. The number of amides is 5. The number of carboxylic acids is 1. The summed E-state index contributed by atoms with van der Waals surface area (Å²) in [4.78, 5) is 83.6. The van der Waals surface area contributed by atoms with Crippen molar-refractivity contribution < 1.29 is 86.5 Å². The second kappa shape index (κ2) is 30.6. The van der Waals surface area contributed by atoms with Crippen LogP contribution in [0.2, 0.25) is 0 Å². The number of thiophene rings is 2. The zero-order valence-corrected chi connectivity index (χ0v) is 48.4. The third-order valence-corrected chi connectivity index (χ3v) is 18.5. The molecule has 6 bridgehead atoms. The zero-order valence-electron chi connectivity index (χ0n) is 44.3. The van der Waals surface area contributed by atoms with E-state index < -0.39 is 97.3 Å². The quantitative estimate of drug-likeness (QED) is 0.0525. The van der Waals surface area contributed by atoms with Crippen LogP contribution in [0, 0.1) is 0 Å². The fraction of sp³-hybridized carbons (Fsp3) is 0.462. The third kappa shape index (κ3) is 20.9. The van der Waals surface area contributed by atoms with Gasteiger partial charge in [0.2, 0.25) is 35.4 Å². The van der Waals surface area contributed by atoms with Crippen molar-refractivity contribution >= 4 is 88.5 Å². The molecule has 0 saturated heterocycles. The van der Waals surface area contributed by atoms with Gasteiger partial charge in [-0.2, -0.15) is 0 Å². The smallest absolute Gasteiger partial charge is 0.303 e. The molecule has 0 aliphatic carbocycles. The van der Waals surface area contributed by atoms with Crippen molar-refractivity contribution in [3.8, 4) is 28.5 Å². The third-order valence-electron chi connectivity index (χ3n) is 12.9. The number of benzene rings is 1. The average molecular weight is 1230 g/mol. The molecule has 0 saturated carbocycles. The summed E-state index contributed by atoms with van der Waals surface area (Å²) >= 11 is 1.27. The Labute approximate surface area is 482 Å². The number of rotatable bonds is 14. The summed E-state index contributed by atoms with van der Waals surface area (Å²) in [5.74, 6) is -3.93. The molecule has 3 aliphatic heterocycles. The van der Waals surface area contributed by atoms with E-state index in [1.165, 1.54) is 30.5 Å². The van der Waals surface area contributed by atoms with Gasteiger partial charge in [-0.3, -0.25) is 28.8 Å². The Balaban J connectivity index is 1.21. The van der Waals surface area contributed by atoms with Crippen LogP contribution in [0.4, 0.5) is 0 Å². The van der Waals surface area contributed by atoms with Crippen LogP contribution in [-0.2, 0) is 78.5 Å². The van der Waals surface area contributed by atoms with Gasteiger partial charge >= 0.3 is 5.97 Å². The predicted octanol–water partition coefficient (Wildman–Crippen LogP) is 3.63. The summed E-state index contributed by atoms with van der Waals surface area (Å²) in [5, 5.41) is 22.5. The lowest BCUT2D eigenvalue weighted by Crippen LogP contribution is -2.54. The number of hydrogen-bond acceptors (Lipinski definition) is 20. The number of aromatic nitrogens is 2. The maximum absolute atomic E-state index is 14.2. The number of carbonyl (C=O) groups excluding carboxylic acids is 5. The minimum absolute atomic E-state index is 0.00691. The monoisotopic (exact) mass is 1230 g/mol. The van der Waals surface area contributed by atoms with Crippen molar-refractivity contribution in [1.82, 2.24) is 31.6 Å². The topological polar surface area (TPSA) is 394 Å². The Bertz CT molecular complexity index is 3360. The number of fused-ring (bicyclic) bond motifs is 2. The predicted molar refractivity (Wildman–Crippen MR) is 292 cm³/mol. The standard InChI is InChI=1S/C52H65N7O18S5/c60-44-13-4-2-10-26-59-27-22-34(23-28-59)52-55-33-42(77-52)35-16-19-41(43(30-35)80(67,68)69)76-29-11-3-5-14-45(61)57-40(32-37-18-21-48(79-37)82(73,74)75)51(66)58-38(49(64)53-24-8-1-6-15-46(62)63)12-7-9-25-54-50(65)39(56-44)31-36-17-20-47(78-36)81(70,71)72/h16-23,27-28,30,33,38-40H,1-15,24-26,29,31-32H2,(H8-,53,54,56,57,58,60,61,62,63,64,65,66,67,68,69,70,71,72,73,74,75)/p-2. The van der Waals surface area contributed by atoms with Crippen LogP contribution >= 0.6 is 22.7 Å². The maximum Gasteiger partial charge on any atom is 0.303 e. The van der Waals surface area contributed by atoms with E-state index in [0.717, 1.165) is 18.2 Å². The molecule has 1 aromatic carbocycles. The normalized spacial score (nSPS) is 18.5. The average Bonchev–Trinajstić information content (AvgIpc) is 4.28. The first-order chi connectivity index (χ1) is 38.9. The molecule has 6 N–H and O–H groups in total. The molecule has 3 unspecified atom stereocenters. The van der Waals surface area contributed by atoms with Crippen molar-refractivity contribution in [2.24, 2.45) is 0 Å². The molecule has 0 radical (unpaired) electrons. The molecule has 5 amide bonds.